The second-order valence-electron chi connectivity index (χ2n) is 6.80. The van der Waals surface area contributed by atoms with Crippen molar-refractivity contribution in [2.45, 2.75) is 6.92 Å². The number of hydrazone groups is 1. The fourth-order valence-electron chi connectivity index (χ4n) is 2.94. The molecule has 8 nitrogen and oxygen atoms in total. The molecule has 0 fully saturated rings. The maximum absolute atomic E-state index is 12.0. The zero-order chi connectivity index (χ0) is 24.2. The number of amides is 2. The van der Waals surface area contributed by atoms with Gasteiger partial charge in [0.05, 0.1) is 24.4 Å². The standard InChI is InChI=1S/C25H26BrN3O5/c1-3-32-23-16-18(17-27-29-25(30)28-19-9-5-4-6-10-19)15-20(26)24(23)34-14-13-33-22-12-8-7-11-21(22)31-2/h4-12,15-17H,3,13-14H2,1-2H3,(H2,28,29,30)/b27-17+. The predicted molar refractivity (Wildman–Crippen MR) is 135 cm³/mol. The van der Waals surface area contributed by atoms with Gasteiger partial charge in [0.2, 0.25) is 0 Å². The minimum absolute atomic E-state index is 0.297. The first-order chi connectivity index (χ1) is 16.6. The largest absolute Gasteiger partial charge is 0.493 e. The second-order valence-corrected chi connectivity index (χ2v) is 7.66. The summed E-state index contributed by atoms with van der Waals surface area (Å²) >= 11 is 3.53. The molecule has 0 heterocycles. The van der Waals surface area contributed by atoms with Crippen LogP contribution < -0.4 is 29.7 Å². The van der Waals surface area contributed by atoms with Crippen LogP contribution >= 0.6 is 15.9 Å². The Morgan fingerprint density at radius 3 is 2.38 bits per heavy atom. The van der Waals surface area contributed by atoms with E-state index in [1.807, 2.05) is 55.5 Å². The first-order valence-corrected chi connectivity index (χ1v) is 11.4. The Labute approximate surface area is 207 Å². The van der Waals surface area contributed by atoms with Crippen LogP contribution in [0, 0.1) is 0 Å². The first kappa shape index (κ1) is 24.9. The van der Waals surface area contributed by atoms with Gasteiger partial charge in [0.25, 0.3) is 0 Å². The predicted octanol–water partition coefficient (Wildman–Crippen LogP) is 5.47. The molecule has 0 bridgehead atoms. The zero-order valence-electron chi connectivity index (χ0n) is 18.9. The van der Waals surface area contributed by atoms with Crippen LogP contribution in [0.4, 0.5) is 10.5 Å². The van der Waals surface area contributed by atoms with Gasteiger partial charge in [-0.05, 0) is 64.8 Å². The lowest BCUT2D eigenvalue weighted by Gasteiger charge is -2.15. The number of carbonyl (C=O) groups excluding carboxylic acids is 1. The van der Waals surface area contributed by atoms with Crippen molar-refractivity contribution in [3.8, 4) is 23.0 Å². The average molecular weight is 528 g/mol. The smallest absolute Gasteiger partial charge is 0.339 e. The van der Waals surface area contributed by atoms with Gasteiger partial charge >= 0.3 is 6.03 Å². The van der Waals surface area contributed by atoms with E-state index >= 15 is 0 Å². The highest BCUT2D eigenvalue weighted by Gasteiger charge is 2.12. The number of carbonyl (C=O) groups is 1. The van der Waals surface area contributed by atoms with E-state index in [4.69, 9.17) is 18.9 Å². The Balaban J connectivity index is 1.58. The quantitative estimate of drug-likeness (QED) is 0.196. The van der Waals surface area contributed by atoms with E-state index in [9.17, 15) is 4.79 Å². The van der Waals surface area contributed by atoms with E-state index in [1.165, 1.54) is 6.21 Å². The third-order valence-corrected chi connectivity index (χ3v) is 4.99. The van der Waals surface area contributed by atoms with E-state index in [1.54, 1.807) is 25.3 Å². The van der Waals surface area contributed by atoms with Crippen molar-refractivity contribution in [3.05, 3.63) is 76.8 Å². The first-order valence-electron chi connectivity index (χ1n) is 10.6. The lowest BCUT2D eigenvalue weighted by Crippen LogP contribution is -2.24. The summed E-state index contributed by atoms with van der Waals surface area (Å²) in [6, 6.07) is 19.7. The highest BCUT2D eigenvalue weighted by molar-refractivity contribution is 9.10. The molecule has 0 atom stereocenters. The van der Waals surface area contributed by atoms with Gasteiger partial charge in [0.1, 0.15) is 13.2 Å². The summed E-state index contributed by atoms with van der Waals surface area (Å²) in [7, 11) is 1.60. The molecule has 34 heavy (non-hydrogen) atoms. The molecule has 3 rings (SSSR count). The molecule has 0 spiro atoms. The molecule has 9 heteroatoms. The van der Waals surface area contributed by atoms with E-state index in [0.29, 0.717) is 58.5 Å². The lowest BCUT2D eigenvalue weighted by atomic mass is 10.2. The van der Waals surface area contributed by atoms with Crippen LogP contribution in [-0.4, -0.2) is 39.2 Å². The number of anilines is 1. The van der Waals surface area contributed by atoms with Crippen molar-refractivity contribution in [3.63, 3.8) is 0 Å². The number of para-hydroxylation sites is 3. The molecular weight excluding hydrogens is 502 g/mol. The summed E-state index contributed by atoms with van der Waals surface area (Å²) in [6.07, 6.45) is 1.52. The van der Waals surface area contributed by atoms with Crippen molar-refractivity contribution < 1.29 is 23.7 Å². The number of halogens is 1. The number of methoxy groups -OCH3 is 1. The third-order valence-electron chi connectivity index (χ3n) is 4.40. The summed E-state index contributed by atoms with van der Waals surface area (Å²) in [5, 5.41) is 6.69. The Hall–Kier alpha value is -3.72. The Kier molecular flexibility index (Phi) is 9.60. The van der Waals surface area contributed by atoms with Gasteiger partial charge in [-0.25, -0.2) is 10.2 Å². The Morgan fingerprint density at radius 2 is 1.65 bits per heavy atom. The van der Waals surface area contributed by atoms with Crippen LogP contribution in [0.15, 0.2) is 76.3 Å². The minimum atomic E-state index is -0.443. The van der Waals surface area contributed by atoms with Crippen molar-refractivity contribution in [2.75, 3.05) is 32.2 Å². The molecule has 0 aliphatic rings. The number of ether oxygens (including phenoxy) is 4. The molecule has 0 saturated carbocycles. The molecule has 3 aromatic rings. The fraction of sp³-hybridized carbons (Fsp3) is 0.200. The van der Waals surface area contributed by atoms with Crippen LogP contribution in [0.25, 0.3) is 0 Å². The number of benzene rings is 3. The highest BCUT2D eigenvalue weighted by Crippen LogP contribution is 2.36. The molecule has 0 aliphatic heterocycles. The van der Waals surface area contributed by atoms with Crippen LogP contribution in [0.2, 0.25) is 0 Å². The maximum atomic E-state index is 12.0. The highest BCUT2D eigenvalue weighted by atomic mass is 79.9. The van der Waals surface area contributed by atoms with Crippen LogP contribution in [0.3, 0.4) is 0 Å². The topological polar surface area (TPSA) is 90.4 Å². The number of nitrogens with one attached hydrogen (secondary N) is 2. The molecule has 2 amide bonds. The summed E-state index contributed by atoms with van der Waals surface area (Å²) in [4.78, 5) is 12.0. The molecule has 0 radical (unpaired) electrons. The van der Waals surface area contributed by atoms with E-state index in [0.717, 1.165) is 0 Å². The molecule has 0 saturated heterocycles. The molecule has 0 unspecified atom stereocenters. The van der Waals surface area contributed by atoms with Crippen molar-refractivity contribution in [1.82, 2.24) is 5.43 Å². The third kappa shape index (κ3) is 7.41. The van der Waals surface area contributed by atoms with Gasteiger partial charge in [-0.1, -0.05) is 30.3 Å². The fourth-order valence-corrected chi connectivity index (χ4v) is 3.52. The van der Waals surface area contributed by atoms with Gasteiger partial charge in [-0.3, -0.25) is 0 Å². The number of nitrogens with zero attached hydrogens (tertiary/aromatic N) is 1. The lowest BCUT2D eigenvalue weighted by molar-refractivity contribution is 0.202. The summed E-state index contributed by atoms with van der Waals surface area (Å²) in [5.74, 6) is 2.41. The monoisotopic (exact) mass is 527 g/mol. The molecule has 3 aromatic carbocycles. The summed E-state index contributed by atoms with van der Waals surface area (Å²) in [5.41, 5.74) is 3.83. The van der Waals surface area contributed by atoms with Crippen molar-refractivity contribution >= 4 is 33.9 Å². The molecule has 0 aliphatic carbocycles. The summed E-state index contributed by atoms with van der Waals surface area (Å²) in [6.45, 7) is 2.96. The van der Waals surface area contributed by atoms with Gasteiger partial charge in [0, 0.05) is 5.69 Å². The number of rotatable bonds is 11. The molecule has 0 aromatic heterocycles. The SMILES string of the molecule is CCOc1cc(/C=N/NC(=O)Nc2ccccc2)cc(Br)c1OCCOc1ccccc1OC. The van der Waals surface area contributed by atoms with Crippen molar-refractivity contribution in [2.24, 2.45) is 5.10 Å². The Bertz CT molecular complexity index is 1110. The van der Waals surface area contributed by atoms with Gasteiger partial charge in [0.15, 0.2) is 23.0 Å². The Morgan fingerprint density at radius 1 is 0.941 bits per heavy atom. The average Bonchev–Trinajstić information content (AvgIpc) is 2.84. The normalized spacial score (nSPS) is 10.6. The number of urea groups is 1. The van der Waals surface area contributed by atoms with Crippen LogP contribution in [0.5, 0.6) is 23.0 Å². The zero-order valence-corrected chi connectivity index (χ0v) is 20.5. The second kappa shape index (κ2) is 13.1. The van der Waals surface area contributed by atoms with Gasteiger partial charge in [-0.2, -0.15) is 5.10 Å². The maximum Gasteiger partial charge on any atom is 0.339 e. The number of hydrogen-bond donors (Lipinski definition) is 2. The van der Waals surface area contributed by atoms with Gasteiger partial charge < -0.3 is 24.3 Å². The van der Waals surface area contributed by atoms with Crippen LogP contribution in [0.1, 0.15) is 12.5 Å². The minimum Gasteiger partial charge on any atom is -0.493 e. The number of hydrogen-bond acceptors (Lipinski definition) is 6. The van der Waals surface area contributed by atoms with Crippen molar-refractivity contribution in [1.29, 1.82) is 0 Å². The van der Waals surface area contributed by atoms with Crippen LogP contribution in [-0.2, 0) is 0 Å². The summed E-state index contributed by atoms with van der Waals surface area (Å²) < 4.78 is 23.4. The van der Waals surface area contributed by atoms with Gasteiger partial charge in [-0.15, -0.1) is 0 Å². The van der Waals surface area contributed by atoms with E-state index in [2.05, 4.69) is 31.8 Å². The molecular formula is C25H26BrN3O5. The van der Waals surface area contributed by atoms with E-state index in [-0.39, 0.29) is 0 Å². The molecule has 178 valence electrons. The van der Waals surface area contributed by atoms with E-state index < -0.39 is 6.03 Å². The molecule has 2 N–H and O–H groups in total.